The number of imide groups is 1. The normalized spacial score (nSPS) is 31.4. The second kappa shape index (κ2) is 6.20. The molecule has 2 heterocycles. The van der Waals surface area contributed by atoms with E-state index in [0.29, 0.717) is 0 Å². The van der Waals surface area contributed by atoms with Gasteiger partial charge in [-0.25, -0.2) is 9.18 Å². The van der Waals surface area contributed by atoms with E-state index in [1.165, 1.54) is 23.5 Å². The molecule has 1 aromatic carbocycles. The molecule has 0 radical (unpaired) electrons. The van der Waals surface area contributed by atoms with Crippen LogP contribution in [0.4, 0.5) is 4.39 Å². The van der Waals surface area contributed by atoms with Crippen molar-refractivity contribution in [2.75, 3.05) is 20.3 Å². The third-order valence-corrected chi connectivity index (χ3v) is 5.27. The predicted molar refractivity (Wildman–Crippen MR) is 82.3 cm³/mol. The monoisotopic (exact) mass is 351 g/mol. The van der Waals surface area contributed by atoms with E-state index in [-0.39, 0.29) is 12.1 Å². The number of hydrogen-bond acceptors (Lipinski definition) is 5. The Labute approximate surface area is 143 Å². The SMILES string of the molecule is CCN1C(=O)[C@H]2[C@@H](c3ccccc3F)[NH2+][C@@](CO)(C(=O)OC)[C@@H]2C1=O. The molecule has 0 aliphatic carbocycles. The van der Waals surface area contributed by atoms with E-state index < -0.39 is 53.6 Å². The fourth-order valence-electron chi connectivity index (χ4n) is 4.12. The second-order valence-electron chi connectivity index (χ2n) is 6.33. The summed E-state index contributed by atoms with van der Waals surface area (Å²) in [6.45, 7) is 1.11. The van der Waals surface area contributed by atoms with Gasteiger partial charge in [-0.1, -0.05) is 18.2 Å². The number of aliphatic hydroxyl groups is 1. The van der Waals surface area contributed by atoms with Crippen LogP contribution in [0.25, 0.3) is 0 Å². The molecule has 4 atom stereocenters. The van der Waals surface area contributed by atoms with Crippen molar-refractivity contribution in [1.29, 1.82) is 0 Å². The van der Waals surface area contributed by atoms with Crippen molar-refractivity contribution in [2.45, 2.75) is 18.5 Å². The maximum Gasteiger partial charge on any atom is 0.371 e. The van der Waals surface area contributed by atoms with E-state index in [1.54, 1.807) is 13.0 Å². The third kappa shape index (κ3) is 2.28. The minimum absolute atomic E-state index is 0.150. The van der Waals surface area contributed by atoms with Crippen LogP contribution in [0, 0.1) is 17.7 Å². The number of benzene rings is 1. The van der Waals surface area contributed by atoms with Gasteiger partial charge in [-0.05, 0) is 13.0 Å². The minimum Gasteiger partial charge on any atom is -0.464 e. The lowest BCUT2D eigenvalue weighted by Crippen LogP contribution is -2.99. The maximum atomic E-state index is 14.3. The Balaban J connectivity index is 2.17. The van der Waals surface area contributed by atoms with Crippen LogP contribution < -0.4 is 5.32 Å². The van der Waals surface area contributed by atoms with Crippen molar-refractivity contribution >= 4 is 17.8 Å². The molecule has 0 aromatic heterocycles. The summed E-state index contributed by atoms with van der Waals surface area (Å²) in [7, 11) is 1.15. The summed E-state index contributed by atoms with van der Waals surface area (Å²) in [6, 6.07) is 5.12. The zero-order valence-electron chi connectivity index (χ0n) is 13.9. The van der Waals surface area contributed by atoms with Gasteiger partial charge in [-0.15, -0.1) is 0 Å². The molecule has 3 rings (SSSR count). The zero-order chi connectivity index (χ0) is 18.4. The van der Waals surface area contributed by atoms with E-state index in [4.69, 9.17) is 4.74 Å². The van der Waals surface area contributed by atoms with Crippen molar-refractivity contribution in [3.63, 3.8) is 0 Å². The number of ether oxygens (including phenoxy) is 1. The third-order valence-electron chi connectivity index (χ3n) is 5.27. The van der Waals surface area contributed by atoms with Crippen molar-refractivity contribution < 1.29 is 33.9 Å². The lowest BCUT2D eigenvalue weighted by molar-refractivity contribution is -0.735. The largest absolute Gasteiger partial charge is 0.464 e. The Bertz CT molecular complexity index is 740. The van der Waals surface area contributed by atoms with Crippen molar-refractivity contribution in [3.8, 4) is 0 Å². The molecule has 2 amide bonds. The molecule has 134 valence electrons. The number of aliphatic hydroxyl groups excluding tert-OH is 1. The first-order valence-electron chi connectivity index (χ1n) is 8.07. The molecule has 0 unspecified atom stereocenters. The minimum atomic E-state index is -1.66. The maximum absolute atomic E-state index is 14.3. The van der Waals surface area contributed by atoms with Crippen molar-refractivity contribution in [2.24, 2.45) is 11.8 Å². The quantitative estimate of drug-likeness (QED) is 0.534. The molecule has 2 aliphatic heterocycles. The van der Waals surface area contributed by atoms with Gasteiger partial charge in [0.15, 0.2) is 0 Å². The lowest BCUT2D eigenvalue weighted by Gasteiger charge is -2.27. The van der Waals surface area contributed by atoms with Gasteiger partial charge in [0.2, 0.25) is 17.4 Å². The first kappa shape index (κ1) is 17.5. The first-order chi connectivity index (χ1) is 11.9. The highest BCUT2D eigenvalue weighted by molar-refractivity contribution is 6.08. The summed E-state index contributed by atoms with van der Waals surface area (Å²) in [4.78, 5) is 39.0. The Hall–Kier alpha value is -2.32. The molecule has 2 fully saturated rings. The van der Waals surface area contributed by atoms with E-state index in [1.807, 2.05) is 0 Å². The molecule has 2 saturated heterocycles. The molecule has 8 heteroatoms. The van der Waals surface area contributed by atoms with Gasteiger partial charge in [-0.3, -0.25) is 14.5 Å². The van der Waals surface area contributed by atoms with Crippen LogP contribution in [0.5, 0.6) is 0 Å². The molecule has 0 saturated carbocycles. The molecular formula is C17H20FN2O5+. The molecule has 7 nitrogen and oxygen atoms in total. The number of rotatable bonds is 4. The Kier molecular flexibility index (Phi) is 4.34. The Morgan fingerprint density at radius 1 is 1.36 bits per heavy atom. The molecular weight excluding hydrogens is 331 g/mol. The van der Waals surface area contributed by atoms with Crippen LogP contribution in [-0.2, 0) is 19.1 Å². The number of hydrogen-bond donors (Lipinski definition) is 2. The molecule has 1 aromatic rings. The summed E-state index contributed by atoms with van der Waals surface area (Å²) in [5.41, 5.74) is -1.45. The second-order valence-corrected chi connectivity index (χ2v) is 6.33. The number of fused-ring (bicyclic) bond motifs is 1. The predicted octanol–water partition coefficient (Wildman–Crippen LogP) is -1.03. The van der Waals surface area contributed by atoms with Crippen LogP contribution in [0.1, 0.15) is 18.5 Å². The van der Waals surface area contributed by atoms with Crippen LogP contribution in [-0.4, -0.2) is 53.6 Å². The fourth-order valence-corrected chi connectivity index (χ4v) is 4.12. The number of nitrogens with zero attached hydrogens (tertiary/aromatic N) is 1. The number of nitrogens with two attached hydrogens (primary N) is 1. The lowest BCUT2D eigenvalue weighted by atomic mass is 9.79. The average molecular weight is 351 g/mol. The van der Waals surface area contributed by atoms with E-state index >= 15 is 0 Å². The van der Waals surface area contributed by atoms with Crippen LogP contribution in [0.2, 0.25) is 0 Å². The number of methoxy groups -OCH3 is 1. The fraction of sp³-hybridized carbons (Fsp3) is 0.471. The summed E-state index contributed by atoms with van der Waals surface area (Å²) in [5.74, 6) is -4.36. The zero-order valence-corrected chi connectivity index (χ0v) is 13.9. The molecule has 0 bridgehead atoms. The molecule has 0 spiro atoms. The van der Waals surface area contributed by atoms with Gasteiger partial charge < -0.3 is 15.2 Å². The van der Waals surface area contributed by atoms with Gasteiger partial charge in [0.25, 0.3) is 0 Å². The average Bonchev–Trinajstić information content (AvgIpc) is 3.09. The van der Waals surface area contributed by atoms with Gasteiger partial charge in [0.1, 0.15) is 30.3 Å². The van der Waals surface area contributed by atoms with Crippen LogP contribution in [0.3, 0.4) is 0 Å². The van der Waals surface area contributed by atoms with Gasteiger partial charge in [0, 0.05) is 12.1 Å². The molecule has 3 N–H and O–H groups in total. The summed E-state index contributed by atoms with van der Waals surface area (Å²) >= 11 is 0. The van der Waals surface area contributed by atoms with Crippen LogP contribution >= 0.6 is 0 Å². The summed E-state index contributed by atoms with van der Waals surface area (Å²) in [6.07, 6.45) is 0. The van der Waals surface area contributed by atoms with Gasteiger partial charge >= 0.3 is 5.97 Å². The first-order valence-corrected chi connectivity index (χ1v) is 8.07. The Morgan fingerprint density at radius 3 is 2.60 bits per heavy atom. The van der Waals surface area contributed by atoms with Crippen molar-refractivity contribution in [3.05, 3.63) is 35.6 Å². The summed E-state index contributed by atoms with van der Waals surface area (Å²) in [5, 5.41) is 11.4. The van der Waals surface area contributed by atoms with Gasteiger partial charge in [-0.2, -0.15) is 0 Å². The van der Waals surface area contributed by atoms with Crippen LogP contribution in [0.15, 0.2) is 24.3 Å². The number of amides is 2. The van der Waals surface area contributed by atoms with E-state index in [9.17, 15) is 23.9 Å². The summed E-state index contributed by atoms with van der Waals surface area (Å²) < 4.78 is 19.1. The molecule has 25 heavy (non-hydrogen) atoms. The highest BCUT2D eigenvalue weighted by Gasteiger charge is 2.72. The van der Waals surface area contributed by atoms with E-state index in [0.717, 1.165) is 12.0 Å². The number of halogens is 1. The number of esters is 1. The number of carbonyl (C=O) groups excluding carboxylic acids is 3. The number of carbonyl (C=O) groups is 3. The standard InChI is InChI=1S/C17H19FN2O5/c1-3-20-14(22)11-12(15(20)23)17(8-21,16(24)25-2)19-13(11)9-6-4-5-7-10(9)18/h4-7,11-13,19,21H,3,8H2,1-2H3/p+1/t11-,12+,13-,17-/m1/s1. The smallest absolute Gasteiger partial charge is 0.371 e. The number of likely N-dealkylation sites (tertiary alicyclic amines) is 1. The highest BCUT2D eigenvalue weighted by Crippen LogP contribution is 2.44. The molecule has 2 aliphatic rings. The Morgan fingerprint density at radius 2 is 2.04 bits per heavy atom. The van der Waals surface area contributed by atoms with E-state index in [2.05, 4.69) is 0 Å². The number of quaternary nitrogens is 1. The highest BCUT2D eigenvalue weighted by atomic mass is 19.1. The topological polar surface area (TPSA) is 101 Å². The van der Waals surface area contributed by atoms with Crippen molar-refractivity contribution in [1.82, 2.24) is 4.90 Å². The van der Waals surface area contributed by atoms with Gasteiger partial charge in [0.05, 0.1) is 7.11 Å².